The number of aryl methyl sites for hydroxylation is 1. The van der Waals surface area contributed by atoms with E-state index < -0.39 is 11.8 Å². The predicted octanol–water partition coefficient (Wildman–Crippen LogP) is 5.50. The van der Waals surface area contributed by atoms with Gasteiger partial charge in [0, 0.05) is 23.2 Å². The normalized spacial score (nSPS) is 11.4. The van der Waals surface area contributed by atoms with Crippen LogP contribution in [-0.4, -0.2) is 39.2 Å². The van der Waals surface area contributed by atoms with Crippen molar-refractivity contribution in [1.82, 2.24) is 14.7 Å². The SMILES string of the molecule is Cc1ccccc1-n1nc(C(C)(C)C)cc1NC(=O)CN(C(=O)Nc1cccc(F)c1)C(C)C. The van der Waals surface area contributed by atoms with Gasteiger partial charge >= 0.3 is 6.03 Å². The molecule has 0 atom stereocenters. The number of benzene rings is 2. The number of aromatic nitrogens is 2. The Kier molecular flexibility index (Phi) is 7.39. The molecule has 180 valence electrons. The first kappa shape index (κ1) is 25.0. The van der Waals surface area contributed by atoms with Crippen LogP contribution in [0.4, 0.5) is 20.7 Å². The van der Waals surface area contributed by atoms with Crippen LogP contribution in [-0.2, 0) is 10.2 Å². The number of nitrogens with one attached hydrogen (secondary N) is 2. The Morgan fingerprint density at radius 3 is 2.38 bits per heavy atom. The van der Waals surface area contributed by atoms with Crippen molar-refractivity contribution in [3.63, 3.8) is 0 Å². The van der Waals surface area contributed by atoms with Crippen molar-refractivity contribution < 1.29 is 14.0 Å². The summed E-state index contributed by atoms with van der Waals surface area (Å²) in [4.78, 5) is 27.2. The minimum Gasteiger partial charge on any atom is -0.313 e. The number of anilines is 2. The Morgan fingerprint density at radius 1 is 1.06 bits per heavy atom. The van der Waals surface area contributed by atoms with Gasteiger partial charge in [0.15, 0.2) is 0 Å². The fraction of sp³-hybridized carbons (Fsp3) is 0.346. The van der Waals surface area contributed by atoms with Crippen LogP contribution in [0, 0.1) is 12.7 Å². The molecule has 34 heavy (non-hydrogen) atoms. The average Bonchev–Trinajstić information content (AvgIpc) is 3.16. The van der Waals surface area contributed by atoms with Crippen molar-refractivity contribution in [3.8, 4) is 5.69 Å². The topological polar surface area (TPSA) is 79.3 Å². The molecule has 0 saturated heterocycles. The molecule has 0 fully saturated rings. The maximum Gasteiger partial charge on any atom is 0.322 e. The lowest BCUT2D eigenvalue weighted by atomic mass is 9.92. The summed E-state index contributed by atoms with van der Waals surface area (Å²) in [7, 11) is 0. The maximum atomic E-state index is 13.5. The first-order valence-electron chi connectivity index (χ1n) is 11.3. The first-order chi connectivity index (χ1) is 16.0. The van der Waals surface area contributed by atoms with Crippen LogP contribution in [0.5, 0.6) is 0 Å². The lowest BCUT2D eigenvalue weighted by molar-refractivity contribution is -0.117. The van der Waals surface area contributed by atoms with Gasteiger partial charge in [0.1, 0.15) is 18.2 Å². The molecule has 0 aliphatic rings. The van der Waals surface area contributed by atoms with Gasteiger partial charge in [0.2, 0.25) is 5.91 Å². The molecule has 7 nitrogen and oxygen atoms in total. The summed E-state index contributed by atoms with van der Waals surface area (Å²) in [5, 5.41) is 10.3. The Labute approximate surface area is 200 Å². The number of urea groups is 1. The molecule has 1 aromatic heterocycles. The monoisotopic (exact) mass is 465 g/mol. The third-order valence-electron chi connectivity index (χ3n) is 5.36. The van der Waals surface area contributed by atoms with Crippen molar-refractivity contribution in [2.24, 2.45) is 0 Å². The van der Waals surface area contributed by atoms with E-state index >= 15 is 0 Å². The number of para-hydroxylation sites is 1. The molecular weight excluding hydrogens is 433 g/mol. The molecule has 3 aromatic rings. The summed E-state index contributed by atoms with van der Waals surface area (Å²) in [6, 6.07) is 14.5. The molecule has 8 heteroatoms. The van der Waals surface area contributed by atoms with Gasteiger partial charge in [0.25, 0.3) is 0 Å². The maximum absolute atomic E-state index is 13.5. The molecule has 0 unspecified atom stereocenters. The van der Waals surface area contributed by atoms with Crippen molar-refractivity contribution in [3.05, 3.63) is 71.7 Å². The van der Waals surface area contributed by atoms with Gasteiger partial charge in [-0.15, -0.1) is 0 Å². The zero-order valence-corrected chi connectivity index (χ0v) is 20.5. The number of nitrogens with zero attached hydrogens (tertiary/aromatic N) is 3. The zero-order chi connectivity index (χ0) is 25.0. The van der Waals surface area contributed by atoms with Gasteiger partial charge in [-0.1, -0.05) is 45.0 Å². The van der Waals surface area contributed by atoms with E-state index in [1.165, 1.54) is 23.1 Å². The molecule has 3 amide bonds. The van der Waals surface area contributed by atoms with E-state index in [1.54, 1.807) is 10.7 Å². The highest BCUT2D eigenvalue weighted by Crippen LogP contribution is 2.27. The van der Waals surface area contributed by atoms with Crippen LogP contribution in [0.25, 0.3) is 5.69 Å². The summed E-state index contributed by atoms with van der Waals surface area (Å²) in [6.07, 6.45) is 0. The molecule has 2 aromatic carbocycles. The number of hydrogen-bond acceptors (Lipinski definition) is 3. The highest BCUT2D eigenvalue weighted by Gasteiger charge is 2.24. The summed E-state index contributed by atoms with van der Waals surface area (Å²) < 4.78 is 15.2. The van der Waals surface area contributed by atoms with Crippen LogP contribution in [0.15, 0.2) is 54.6 Å². The van der Waals surface area contributed by atoms with E-state index in [0.717, 1.165) is 16.9 Å². The van der Waals surface area contributed by atoms with Crippen LogP contribution in [0.2, 0.25) is 0 Å². The highest BCUT2D eigenvalue weighted by atomic mass is 19.1. The van der Waals surface area contributed by atoms with E-state index in [-0.39, 0.29) is 23.9 Å². The van der Waals surface area contributed by atoms with E-state index in [9.17, 15) is 14.0 Å². The molecular formula is C26H32FN5O2. The molecule has 0 aliphatic heterocycles. The fourth-order valence-electron chi connectivity index (χ4n) is 3.41. The number of carbonyl (C=O) groups excluding carboxylic acids is 2. The van der Waals surface area contributed by atoms with E-state index in [4.69, 9.17) is 5.10 Å². The number of carbonyl (C=O) groups is 2. The summed E-state index contributed by atoms with van der Waals surface area (Å²) in [5.41, 5.74) is 2.80. The van der Waals surface area contributed by atoms with E-state index in [1.807, 2.05) is 51.1 Å². The van der Waals surface area contributed by atoms with Crippen LogP contribution in [0.1, 0.15) is 45.9 Å². The summed E-state index contributed by atoms with van der Waals surface area (Å²) in [5.74, 6) is -0.289. The average molecular weight is 466 g/mol. The minimum absolute atomic E-state index is 0.178. The molecule has 3 rings (SSSR count). The summed E-state index contributed by atoms with van der Waals surface area (Å²) in [6.45, 7) is 11.6. The van der Waals surface area contributed by atoms with Crippen LogP contribution >= 0.6 is 0 Å². The Bertz CT molecular complexity index is 1180. The standard InChI is InChI=1S/C26H32FN5O2/c1-17(2)31(25(34)28-20-12-9-11-19(27)14-20)16-24(33)29-23-15-22(26(4,5)6)30-32(23)21-13-8-7-10-18(21)3/h7-15,17H,16H2,1-6H3,(H,28,34)(H,29,33). The molecule has 0 saturated carbocycles. The summed E-state index contributed by atoms with van der Waals surface area (Å²) >= 11 is 0. The van der Waals surface area contributed by atoms with Gasteiger partial charge < -0.3 is 15.5 Å². The molecule has 0 spiro atoms. The van der Waals surface area contributed by atoms with Gasteiger partial charge in [-0.3, -0.25) is 4.79 Å². The molecule has 0 bridgehead atoms. The smallest absolute Gasteiger partial charge is 0.313 e. The zero-order valence-electron chi connectivity index (χ0n) is 20.5. The number of halogens is 1. The largest absolute Gasteiger partial charge is 0.322 e. The van der Waals surface area contributed by atoms with Crippen molar-refractivity contribution >= 4 is 23.4 Å². The molecule has 2 N–H and O–H groups in total. The lowest BCUT2D eigenvalue weighted by Gasteiger charge is -2.26. The van der Waals surface area contributed by atoms with E-state index in [2.05, 4.69) is 31.4 Å². The van der Waals surface area contributed by atoms with Crippen LogP contribution in [0.3, 0.4) is 0 Å². The van der Waals surface area contributed by atoms with Crippen LogP contribution < -0.4 is 10.6 Å². The third kappa shape index (κ3) is 6.01. The Hall–Kier alpha value is -3.68. The first-order valence-corrected chi connectivity index (χ1v) is 11.3. The van der Waals surface area contributed by atoms with Crippen molar-refractivity contribution in [1.29, 1.82) is 0 Å². The second-order valence-corrected chi connectivity index (χ2v) is 9.57. The molecule has 1 heterocycles. The minimum atomic E-state index is -0.487. The van der Waals surface area contributed by atoms with Gasteiger partial charge in [0.05, 0.1) is 11.4 Å². The Morgan fingerprint density at radius 2 is 1.76 bits per heavy atom. The fourth-order valence-corrected chi connectivity index (χ4v) is 3.41. The number of rotatable bonds is 6. The quantitative estimate of drug-likeness (QED) is 0.505. The molecule has 0 aliphatic carbocycles. The number of amides is 3. The van der Waals surface area contributed by atoms with Gasteiger partial charge in [-0.05, 0) is 50.6 Å². The lowest BCUT2D eigenvalue weighted by Crippen LogP contribution is -2.44. The van der Waals surface area contributed by atoms with Crippen molar-refractivity contribution in [2.45, 2.75) is 53.0 Å². The van der Waals surface area contributed by atoms with Crippen molar-refractivity contribution in [2.75, 3.05) is 17.2 Å². The Balaban J connectivity index is 1.82. The second kappa shape index (κ2) is 10.1. The van der Waals surface area contributed by atoms with Gasteiger partial charge in [-0.25, -0.2) is 13.9 Å². The third-order valence-corrected chi connectivity index (χ3v) is 5.36. The predicted molar refractivity (Wildman–Crippen MR) is 133 cm³/mol. The van der Waals surface area contributed by atoms with E-state index in [0.29, 0.717) is 11.5 Å². The second-order valence-electron chi connectivity index (χ2n) is 9.57. The number of hydrogen-bond donors (Lipinski definition) is 2. The molecule has 0 radical (unpaired) electrons. The van der Waals surface area contributed by atoms with Gasteiger partial charge in [-0.2, -0.15) is 5.10 Å². The highest BCUT2D eigenvalue weighted by molar-refractivity contribution is 5.97.